The van der Waals surface area contributed by atoms with E-state index in [1.54, 1.807) is 5.38 Å². The van der Waals surface area contributed by atoms with Crippen LogP contribution in [-0.4, -0.2) is 4.98 Å². The molecule has 0 saturated heterocycles. The molecule has 1 aromatic rings. The lowest BCUT2D eigenvalue weighted by Gasteiger charge is -1.92. The van der Waals surface area contributed by atoms with Crippen molar-refractivity contribution in [2.45, 2.75) is 6.04 Å². The molecule has 0 bridgehead atoms. The fourth-order valence-corrected chi connectivity index (χ4v) is 1.53. The van der Waals surface area contributed by atoms with Crippen LogP contribution in [0.2, 0.25) is 0 Å². The van der Waals surface area contributed by atoms with Crippen LogP contribution in [0, 0.1) is 11.3 Å². The van der Waals surface area contributed by atoms with E-state index in [0.717, 1.165) is 3.92 Å². The van der Waals surface area contributed by atoms with Gasteiger partial charge in [-0.15, -0.1) is 11.3 Å². The summed E-state index contributed by atoms with van der Waals surface area (Å²) in [7, 11) is 0. The van der Waals surface area contributed by atoms with Crippen molar-refractivity contribution in [3.05, 3.63) is 15.0 Å². The molecule has 1 atom stereocenters. The summed E-state index contributed by atoms with van der Waals surface area (Å²) in [4.78, 5) is 3.97. The number of nitrogens with two attached hydrogens (primary N) is 1. The van der Waals surface area contributed by atoms with Gasteiger partial charge in [-0.05, 0) is 15.9 Å². The average Bonchev–Trinajstić information content (AvgIpc) is 2.34. The normalized spacial score (nSPS) is 12.5. The van der Waals surface area contributed by atoms with Gasteiger partial charge < -0.3 is 5.73 Å². The van der Waals surface area contributed by atoms with E-state index in [2.05, 4.69) is 20.9 Å². The second kappa shape index (κ2) is 3.10. The van der Waals surface area contributed by atoms with Gasteiger partial charge >= 0.3 is 0 Å². The minimum Gasteiger partial charge on any atom is -0.311 e. The van der Waals surface area contributed by atoms with Crippen molar-refractivity contribution < 1.29 is 0 Å². The van der Waals surface area contributed by atoms with Crippen molar-refractivity contribution in [2.24, 2.45) is 5.73 Å². The first kappa shape index (κ1) is 7.66. The van der Waals surface area contributed by atoms with E-state index in [1.165, 1.54) is 11.3 Å². The Balaban J connectivity index is 2.87. The van der Waals surface area contributed by atoms with Gasteiger partial charge in [0.05, 0.1) is 11.8 Å². The molecule has 1 aromatic heterocycles. The predicted octanol–water partition coefficient (Wildman–Crippen LogP) is 1.43. The molecule has 0 aliphatic carbocycles. The smallest absolute Gasteiger partial charge is 0.159 e. The van der Waals surface area contributed by atoms with Gasteiger partial charge in [0.1, 0.15) is 6.04 Å². The Kier molecular flexibility index (Phi) is 2.38. The van der Waals surface area contributed by atoms with Crippen molar-refractivity contribution in [1.82, 2.24) is 4.98 Å². The lowest BCUT2D eigenvalue weighted by atomic mass is 10.3. The molecule has 10 heavy (non-hydrogen) atoms. The molecule has 1 unspecified atom stereocenters. The molecule has 3 nitrogen and oxygen atoms in total. The molecule has 0 amide bonds. The summed E-state index contributed by atoms with van der Waals surface area (Å²) in [6, 6.07) is 1.30. The predicted molar refractivity (Wildman–Crippen MR) is 42.4 cm³/mol. The third-order valence-electron chi connectivity index (χ3n) is 0.952. The Morgan fingerprint density at radius 2 is 2.60 bits per heavy atom. The maximum atomic E-state index is 8.37. The summed E-state index contributed by atoms with van der Waals surface area (Å²) in [6.07, 6.45) is 0. The largest absolute Gasteiger partial charge is 0.311 e. The molecular formula is C5H4BrN3S. The number of hydrogen-bond donors (Lipinski definition) is 1. The molecule has 52 valence electrons. The first-order chi connectivity index (χ1) is 4.74. The number of thiazole rings is 1. The fourth-order valence-electron chi connectivity index (χ4n) is 0.472. The van der Waals surface area contributed by atoms with Crippen LogP contribution in [0.5, 0.6) is 0 Å². The zero-order valence-electron chi connectivity index (χ0n) is 4.91. The molecule has 1 heterocycles. The van der Waals surface area contributed by atoms with E-state index in [-0.39, 0.29) is 0 Å². The molecule has 0 saturated carbocycles. The summed E-state index contributed by atoms with van der Waals surface area (Å²) in [6.45, 7) is 0. The minimum atomic E-state index is -0.595. The molecule has 0 aliphatic rings. The van der Waals surface area contributed by atoms with Gasteiger partial charge in [0, 0.05) is 5.38 Å². The number of rotatable bonds is 1. The highest BCUT2D eigenvalue weighted by molar-refractivity contribution is 9.11. The molecule has 0 aliphatic heterocycles. The highest BCUT2D eigenvalue weighted by Crippen LogP contribution is 2.18. The molecule has 0 aromatic carbocycles. The monoisotopic (exact) mass is 217 g/mol. The topological polar surface area (TPSA) is 62.7 Å². The van der Waals surface area contributed by atoms with Crippen LogP contribution in [0.4, 0.5) is 0 Å². The van der Waals surface area contributed by atoms with E-state index in [4.69, 9.17) is 11.0 Å². The lowest BCUT2D eigenvalue weighted by molar-refractivity contribution is 0.884. The number of halogens is 1. The average molecular weight is 218 g/mol. The Bertz CT molecular complexity index is 264. The standard InChI is InChI=1S/C5H4BrN3S/c6-5-9-4(2-10-5)3(8)1-7/h2-3H,8H2. The first-order valence-electron chi connectivity index (χ1n) is 2.50. The van der Waals surface area contributed by atoms with Gasteiger partial charge in [-0.25, -0.2) is 4.98 Å². The molecule has 1 rings (SSSR count). The Hall–Kier alpha value is -0.440. The first-order valence-corrected chi connectivity index (χ1v) is 4.17. The zero-order valence-corrected chi connectivity index (χ0v) is 7.32. The number of nitriles is 1. The Morgan fingerprint density at radius 3 is 3.00 bits per heavy atom. The van der Waals surface area contributed by atoms with Gasteiger partial charge in [0.25, 0.3) is 0 Å². The van der Waals surface area contributed by atoms with E-state index in [1.807, 2.05) is 6.07 Å². The van der Waals surface area contributed by atoms with Crippen LogP contribution in [0.3, 0.4) is 0 Å². The molecule has 0 fully saturated rings. The quantitative estimate of drug-likeness (QED) is 0.775. The van der Waals surface area contributed by atoms with Crippen LogP contribution in [0.25, 0.3) is 0 Å². The highest BCUT2D eigenvalue weighted by atomic mass is 79.9. The van der Waals surface area contributed by atoms with E-state index < -0.39 is 6.04 Å². The van der Waals surface area contributed by atoms with Gasteiger partial charge in [-0.2, -0.15) is 5.26 Å². The molecule has 0 radical (unpaired) electrons. The van der Waals surface area contributed by atoms with Gasteiger partial charge in [-0.1, -0.05) is 0 Å². The maximum absolute atomic E-state index is 8.37. The van der Waals surface area contributed by atoms with E-state index in [0.29, 0.717) is 5.69 Å². The van der Waals surface area contributed by atoms with Crippen molar-refractivity contribution in [3.8, 4) is 6.07 Å². The van der Waals surface area contributed by atoms with Crippen LogP contribution < -0.4 is 5.73 Å². The third kappa shape index (κ3) is 1.53. The van der Waals surface area contributed by atoms with E-state index in [9.17, 15) is 0 Å². The summed E-state index contributed by atoms with van der Waals surface area (Å²) in [5.74, 6) is 0. The highest BCUT2D eigenvalue weighted by Gasteiger charge is 2.06. The zero-order chi connectivity index (χ0) is 7.56. The number of hydrogen-bond acceptors (Lipinski definition) is 4. The summed E-state index contributed by atoms with van der Waals surface area (Å²) in [5.41, 5.74) is 5.99. The molecule has 5 heteroatoms. The lowest BCUT2D eigenvalue weighted by Crippen LogP contribution is -2.06. The molecular weight excluding hydrogens is 214 g/mol. The maximum Gasteiger partial charge on any atom is 0.159 e. The van der Waals surface area contributed by atoms with E-state index >= 15 is 0 Å². The Labute approximate surface area is 70.6 Å². The van der Waals surface area contributed by atoms with Crippen LogP contribution in [-0.2, 0) is 0 Å². The van der Waals surface area contributed by atoms with Gasteiger partial charge in [-0.3, -0.25) is 0 Å². The number of nitrogens with zero attached hydrogens (tertiary/aromatic N) is 2. The Morgan fingerprint density at radius 1 is 1.90 bits per heavy atom. The van der Waals surface area contributed by atoms with Gasteiger partial charge in [0.2, 0.25) is 0 Å². The SMILES string of the molecule is N#CC(N)c1csc(Br)n1. The fraction of sp³-hybridized carbons (Fsp3) is 0.200. The van der Waals surface area contributed by atoms with Crippen molar-refractivity contribution >= 4 is 27.3 Å². The molecule has 2 N–H and O–H groups in total. The van der Waals surface area contributed by atoms with Crippen molar-refractivity contribution in [3.63, 3.8) is 0 Å². The summed E-state index contributed by atoms with van der Waals surface area (Å²) < 4.78 is 0.758. The van der Waals surface area contributed by atoms with Crippen LogP contribution >= 0.6 is 27.3 Å². The second-order valence-electron chi connectivity index (χ2n) is 1.63. The van der Waals surface area contributed by atoms with Crippen LogP contribution in [0.15, 0.2) is 9.30 Å². The second-order valence-corrected chi connectivity index (χ2v) is 3.77. The summed E-state index contributed by atoms with van der Waals surface area (Å²) in [5, 5.41) is 10.1. The van der Waals surface area contributed by atoms with Crippen molar-refractivity contribution in [1.29, 1.82) is 5.26 Å². The molecule has 0 spiro atoms. The van der Waals surface area contributed by atoms with Crippen molar-refractivity contribution in [2.75, 3.05) is 0 Å². The van der Waals surface area contributed by atoms with Crippen LogP contribution in [0.1, 0.15) is 11.7 Å². The number of aromatic nitrogens is 1. The third-order valence-corrected chi connectivity index (χ3v) is 2.33. The van der Waals surface area contributed by atoms with Gasteiger partial charge in [0.15, 0.2) is 3.92 Å². The summed E-state index contributed by atoms with van der Waals surface area (Å²) >= 11 is 4.59. The minimum absolute atomic E-state index is 0.595.